The van der Waals surface area contributed by atoms with Gasteiger partial charge in [0.2, 0.25) is 0 Å². The number of thiophene rings is 1. The van der Waals surface area contributed by atoms with Crippen LogP contribution in [0, 0.1) is 0 Å². The molecule has 3 atom stereocenters. The Morgan fingerprint density at radius 2 is 1.62 bits per heavy atom. The van der Waals surface area contributed by atoms with Crippen LogP contribution in [0.1, 0.15) is 35.4 Å². The maximum Gasteiger partial charge on any atom is 0.252 e. The lowest BCUT2D eigenvalue weighted by Crippen LogP contribution is -2.67. The third kappa shape index (κ3) is 4.63. The van der Waals surface area contributed by atoms with E-state index in [1.807, 2.05) is 23.6 Å². The second kappa shape index (κ2) is 10.1. The van der Waals surface area contributed by atoms with Crippen molar-refractivity contribution in [3.63, 3.8) is 0 Å². The Hall–Kier alpha value is -2.29. The largest absolute Gasteiger partial charge is 0.395 e. The summed E-state index contributed by atoms with van der Waals surface area (Å²) >= 11 is 1.27. The molecule has 0 radical (unpaired) electrons. The zero-order chi connectivity index (χ0) is 23.5. The zero-order valence-electron chi connectivity index (χ0n) is 19.0. The molecule has 3 heterocycles. The van der Waals surface area contributed by atoms with E-state index in [2.05, 4.69) is 53.5 Å². The topological polar surface area (TPSA) is 60.9 Å². The van der Waals surface area contributed by atoms with Crippen molar-refractivity contribution in [3.05, 3.63) is 88.8 Å². The smallest absolute Gasteiger partial charge is 0.252 e. The Morgan fingerprint density at radius 1 is 0.912 bits per heavy atom. The van der Waals surface area contributed by atoms with Gasteiger partial charge in [-0.25, -0.2) is 8.42 Å². The fourth-order valence-electron chi connectivity index (χ4n) is 5.25. The fourth-order valence-corrected chi connectivity index (χ4v) is 7.89. The molecule has 5 nitrogen and oxygen atoms in total. The summed E-state index contributed by atoms with van der Waals surface area (Å²) in [5, 5.41) is 12.0. The highest BCUT2D eigenvalue weighted by molar-refractivity contribution is 7.91. The second-order valence-corrected chi connectivity index (χ2v) is 12.1. The van der Waals surface area contributed by atoms with Crippen LogP contribution in [0.15, 0.2) is 76.3 Å². The number of rotatable bonds is 6. The highest BCUT2D eigenvalue weighted by atomic mass is 32.2. The van der Waals surface area contributed by atoms with E-state index in [1.165, 1.54) is 11.3 Å². The Labute approximate surface area is 206 Å². The third-order valence-electron chi connectivity index (χ3n) is 7.01. The number of aliphatic hydroxyl groups excluding tert-OH is 1. The van der Waals surface area contributed by atoms with Gasteiger partial charge in [-0.15, -0.1) is 11.3 Å². The molecule has 0 amide bonds. The van der Waals surface area contributed by atoms with Gasteiger partial charge in [-0.2, -0.15) is 4.31 Å². The van der Waals surface area contributed by atoms with E-state index in [0.29, 0.717) is 17.3 Å². The molecule has 2 aliphatic heterocycles. The van der Waals surface area contributed by atoms with Crippen LogP contribution in [0.5, 0.6) is 0 Å². The predicted molar refractivity (Wildman–Crippen MR) is 138 cm³/mol. The molecule has 1 aromatic heterocycles. The van der Waals surface area contributed by atoms with Gasteiger partial charge in [0.1, 0.15) is 4.21 Å². The van der Waals surface area contributed by atoms with Crippen LogP contribution >= 0.6 is 11.3 Å². The summed E-state index contributed by atoms with van der Waals surface area (Å²) in [6, 6.07) is 22.2. The Bertz CT molecular complexity index is 1210. The molecule has 0 saturated carbocycles. The number of benzene rings is 2. The monoisotopic (exact) mass is 494 g/mol. The molecule has 2 fully saturated rings. The molecule has 2 saturated heterocycles. The van der Waals surface area contributed by atoms with E-state index in [9.17, 15) is 13.5 Å². The molecular formula is C27H30N2O3S2. The first-order valence-electron chi connectivity index (χ1n) is 11.8. The summed E-state index contributed by atoms with van der Waals surface area (Å²) in [6.45, 7) is 1.98. The van der Waals surface area contributed by atoms with Crippen molar-refractivity contribution >= 4 is 33.5 Å². The normalized spacial score (nSPS) is 24.3. The van der Waals surface area contributed by atoms with E-state index < -0.39 is 10.0 Å². The molecule has 178 valence electrons. The Kier molecular flexibility index (Phi) is 6.99. The van der Waals surface area contributed by atoms with Crippen molar-refractivity contribution < 1.29 is 13.5 Å². The summed E-state index contributed by atoms with van der Waals surface area (Å²) < 4.78 is 28.6. The van der Waals surface area contributed by atoms with Crippen molar-refractivity contribution in [2.24, 2.45) is 0 Å². The van der Waals surface area contributed by atoms with Gasteiger partial charge in [0.25, 0.3) is 10.0 Å². The molecule has 5 rings (SSSR count). The zero-order valence-corrected chi connectivity index (χ0v) is 20.7. The lowest BCUT2D eigenvalue weighted by molar-refractivity contribution is -0.0553. The molecule has 0 bridgehead atoms. The Balaban J connectivity index is 1.37. The summed E-state index contributed by atoms with van der Waals surface area (Å²) in [5.41, 5.74) is 3.43. The summed E-state index contributed by atoms with van der Waals surface area (Å²) in [4.78, 5) is 2.31. The van der Waals surface area contributed by atoms with E-state index in [0.717, 1.165) is 36.1 Å². The first kappa shape index (κ1) is 23.5. The van der Waals surface area contributed by atoms with Crippen molar-refractivity contribution in [2.45, 2.75) is 35.1 Å². The standard InChI is InChI=1S/C27H30N2O3S2/c30-20-25-27(23-14-12-22(13-15-23)11-10-21-7-2-1-3-8-21)24-19-28(16-4-5-17-29(24)25)34(31,32)26-9-6-18-33-26/h1-3,6-15,18,24-25,27,30H,4-5,16-17,19-20H2/t24-,25-,27-/m0/s1. The van der Waals surface area contributed by atoms with Crippen molar-refractivity contribution in [1.82, 2.24) is 9.21 Å². The van der Waals surface area contributed by atoms with Gasteiger partial charge in [0.05, 0.1) is 6.61 Å². The number of hydrogen-bond acceptors (Lipinski definition) is 5. The number of aliphatic hydroxyl groups is 1. The minimum Gasteiger partial charge on any atom is -0.395 e. The first-order chi connectivity index (χ1) is 16.6. The van der Waals surface area contributed by atoms with Crippen LogP contribution in [0.2, 0.25) is 0 Å². The van der Waals surface area contributed by atoms with Gasteiger partial charge < -0.3 is 5.11 Å². The minimum absolute atomic E-state index is 0.0279. The second-order valence-electron chi connectivity index (χ2n) is 8.99. The average Bonchev–Trinajstić information content (AvgIpc) is 3.39. The van der Waals surface area contributed by atoms with Gasteiger partial charge in [-0.3, -0.25) is 4.90 Å². The van der Waals surface area contributed by atoms with Crippen LogP contribution in [0.25, 0.3) is 12.2 Å². The molecule has 2 aromatic carbocycles. The van der Waals surface area contributed by atoms with Gasteiger partial charge in [0, 0.05) is 31.1 Å². The van der Waals surface area contributed by atoms with Crippen molar-refractivity contribution in [1.29, 1.82) is 0 Å². The summed E-state index contributed by atoms with van der Waals surface area (Å²) in [6.07, 6.45) is 5.96. The molecule has 1 N–H and O–H groups in total. The quantitative estimate of drug-likeness (QED) is 0.512. The maximum atomic E-state index is 13.3. The minimum atomic E-state index is -3.50. The highest BCUT2D eigenvalue weighted by Gasteiger charge is 2.50. The van der Waals surface area contributed by atoms with Gasteiger partial charge in [-0.1, -0.05) is 72.8 Å². The SMILES string of the molecule is O=S(=O)(c1cccs1)N1CCCCN2[C@@H](CO)[C@@H](c3ccc(C=Cc4ccccc4)cc3)[C@@H]2C1. The van der Waals surface area contributed by atoms with E-state index in [1.54, 1.807) is 16.4 Å². The molecular weight excluding hydrogens is 464 g/mol. The lowest BCUT2D eigenvalue weighted by Gasteiger charge is -2.57. The van der Waals surface area contributed by atoms with Gasteiger partial charge in [0.15, 0.2) is 0 Å². The van der Waals surface area contributed by atoms with E-state index in [4.69, 9.17) is 0 Å². The molecule has 3 aromatic rings. The van der Waals surface area contributed by atoms with Crippen LogP contribution in [-0.4, -0.2) is 61.1 Å². The molecule has 34 heavy (non-hydrogen) atoms. The molecule has 2 aliphatic rings. The van der Waals surface area contributed by atoms with Crippen LogP contribution < -0.4 is 0 Å². The summed E-state index contributed by atoms with van der Waals surface area (Å²) in [5.74, 6) is 0.108. The highest BCUT2D eigenvalue weighted by Crippen LogP contribution is 2.42. The average molecular weight is 495 g/mol. The molecule has 7 heteroatoms. The van der Waals surface area contributed by atoms with Gasteiger partial charge >= 0.3 is 0 Å². The fraction of sp³-hybridized carbons (Fsp3) is 0.333. The van der Waals surface area contributed by atoms with E-state index in [-0.39, 0.29) is 24.6 Å². The number of hydrogen-bond donors (Lipinski definition) is 1. The number of nitrogens with zero attached hydrogens (tertiary/aromatic N) is 2. The lowest BCUT2D eigenvalue weighted by atomic mass is 9.74. The molecule has 0 spiro atoms. The van der Waals surface area contributed by atoms with Crippen LogP contribution in [-0.2, 0) is 10.0 Å². The summed E-state index contributed by atoms with van der Waals surface area (Å²) in [7, 11) is -3.50. The molecule has 0 unspecified atom stereocenters. The van der Waals surface area contributed by atoms with Gasteiger partial charge in [-0.05, 0) is 47.5 Å². The van der Waals surface area contributed by atoms with Crippen LogP contribution in [0.4, 0.5) is 0 Å². The number of sulfonamides is 1. The third-order valence-corrected chi connectivity index (χ3v) is 10.2. The number of fused-ring (bicyclic) bond motifs is 1. The van der Waals surface area contributed by atoms with Crippen LogP contribution in [0.3, 0.4) is 0 Å². The van der Waals surface area contributed by atoms with Crippen molar-refractivity contribution in [3.8, 4) is 0 Å². The Morgan fingerprint density at radius 3 is 2.29 bits per heavy atom. The first-order valence-corrected chi connectivity index (χ1v) is 14.1. The van der Waals surface area contributed by atoms with Crippen molar-refractivity contribution in [2.75, 3.05) is 26.2 Å². The molecule has 0 aliphatic carbocycles. The van der Waals surface area contributed by atoms with E-state index >= 15 is 0 Å². The predicted octanol–water partition coefficient (Wildman–Crippen LogP) is 4.53. The maximum absolute atomic E-state index is 13.3.